The van der Waals surface area contributed by atoms with E-state index in [1.54, 1.807) is 0 Å². The van der Waals surface area contributed by atoms with Crippen LogP contribution in [0.15, 0.2) is 6.20 Å². The van der Waals surface area contributed by atoms with Crippen molar-refractivity contribution in [2.45, 2.75) is 64.8 Å². The Morgan fingerprint density at radius 1 is 1.24 bits per heavy atom. The van der Waals surface area contributed by atoms with E-state index < -0.39 is 0 Å². The van der Waals surface area contributed by atoms with E-state index >= 15 is 0 Å². The van der Waals surface area contributed by atoms with Crippen molar-refractivity contribution in [3.63, 3.8) is 0 Å². The topological polar surface area (TPSA) is 25.4 Å². The largest absolute Gasteiger partial charge is 0.299 e. The minimum Gasteiger partial charge on any atom is -0.299 e. The third-order valence-electron chi connectivity index (χ3n) is 4.18. The van der Waals surface area contributed by atoms with Crippen molar-refractivity contribution in [3.8, 4) is 0 Å². The molecule has 1 aromatic rings. The van der Waals surface area contributed by atoms with Crippen LogP contribution in [0, 0.1) is 6.57 Å². The maximum absolute atomic E-state index is 7.03. The molecule has 0 spiro atoms. The smallest absolute Gasteiger partial charge is 0.270 e. The maximum atomic E-state index is 7.03. The quantitative estimate of drug-likeness (QED) is 0.777. The van der Waals surface area contributed by atoms with Gasteiger partial charge < -0.3 is 0 Å². The molecule has 0 amide bonds. The molecule has 0 bridgehead atoms. The molecule has 1 aliphatic rings. The van der Waals surface area contributed by atoms with Gasteiger partial charge >= 0.3 is 0 Å². The summed E-state index contributed by atoms with van der Waals surface area (Å²) >= 11 is 0. The van der Waals surface area contributed by atoms with Crippen LogP contribution >= 0.6 is 0 Å². The third kappa shape index (κ3) is 3.29. The second-order valence-electron chi connectivity index (χ2n) is 8.17. The average molecular weight is 288 g/mol. The second kappa shape index (κ2) is 5.46. The molecule has 1 aromatic heterocycles. The first-order valence-electron chi connectivity index (χ1n) is 7.78. The summed E-state index contributed by atoms with van der Waals surface area (Å²) in [6, 6.07) is 0.400. The molecule has 1 fully saturated rings. The highest BCUT2D eigenvalue weighted by molar-refractivity contribution is 5.31. The van der Waals surface area contributed by atoms with Crippen LogP contribution in [-0.4, -0.2) is 34.4 Å². The predicted octanol–water partition coefficient (Wildman–Crippen LogP) is 3.60. The number of nitrogens with zero attached hydrogens (tertiary/aromatic N) is 4. The van der Waals surface area contributed by atoms with Gasteiger partial charge in [0.15, 0.2) is 0 Å². The third-order valence-corrected chi connectivity index (χ3v) is 4.18. The molecule has 4 heteroatoms. The zero-order valence-electron chi connectivity index (χ0n) is 14.3. The van der Waals surface area contributed by atoms with Crippen LogP contribution < -0.4 is 0 Å². The molecule has 1 atom stereocenters. The van der Waals surface area contributed by atoms with Crippen molar-refractivity contribution in [2.24, 2.45) is 0 Å². The van der Waals surface area contributed by atoms with Crippen molar-refractivity contribution in [2.75, 3.05) is 19.8 Å². The monoisotopic (exact) mass is 288 g/mol. The van der Waals surface area contributed by atoms with Gasteiger partial charge in [0.05, 0.1) is 12.2 Å². The van der Waals surface area contributed by atoms with Gasteiger partial charge in [-0.15, -0.1) is 0 Å². The van der Waals surface area contributed by atoms with E-state index in [1.165, 1.54) is 11.3 Å². The van der Waals surface area contributed by atoms with E-state index in [-0.39, 0.29) is 10.8 Å². The van der Waals surface area contributed by atoms with E-state index in [4.69, 9.17) is 11.7 Å². The predicted molar refractivity (Wildman–Crippen MR) is 86.3 cm³/mol. The van der Waals surface area contributed by atoms with Gasteiger partial charge in [0, 0.05) is 24.2 Å². The van der Waals surface area contributed by atoms with Gasteiger partial charge in [-0.1, -0.05) is 41.5 Å². The number of hydrogen-bond donors (Lipinski definition) is 0. The van der Waals surface area contributed by atoms with Crippen molar-refractivity contribution in [3.05, 3.63) is 28.9 Å². The molecular formula is C17H28N4. The van der Waals surface area contributed by atoms with Gasteiger partial charge in [0.25, 0.3) is 6.67 Å². The summed E-state index contributed by atoms with van der Waals surface area (Å²) in [5.74, 6) is 0. The van der Waals surface area contributed by atoms with Gasteiger partial charge in [-0.3, -0.25) is 9.53 Å². The second-order valence-corrected chi connectivity index (χ2v) is 8.17. The Morgan fingerprint density at radius 2 is 1.90 bits per heavy atom. The minimum absolute atomic E-state index is 0.0757. The molecule has 2 rings (SSSR count). The standard InChI is InChI=1S/C17H28N4/c1-16(2,3)14-10-19-21(15(14)17(4,5)6)13-8-9-20(11-13)12-18-7/h10,13H,8-9,11-12H2,1-6H3. The van der Waals surface area contributed by atoms with Gasteiger partial charge in [0.1, 0.15) is 0 Å². The van der Waals surface area contributed by atoms with E-state index in [0.717, 1.165) is 19.5 Å². The van der Waals surface area contributed by atoms with Crippen LogP contribution in [0.1, 0.15) is 65.3 Å². The van der Waals surface area contributed by atoms with Gasteiger partial charge in [-0.05, 0) is 17.4 Å². The fourth-order valence-electron chi connectivity index (χ4n) is 3.18. The summed E-state index contributed by atoms with van der Waals surface area (Å²) in [5.41, 5.74) is 2.88. The molecule has 2 heterocycles. The Balaban J connectivity index is 2.38. The zero-order chi connectivity index (χ0) is 15.8. The average Bonchev–Trinajstić information content (AvgIpc) is 2.91. The van der Waals surface area contributed by atoms with Crippen molar-refractivity contribution in [1.82, 2.24) is 14.7 Å². The minimum atomic E-state index is 0.0757. The molecule has 0 aromatic carbocycles. The van der Waals surface area contributed by atoms with E-state index in [9.17, 15) is 0 Å². The Kier molecular flexibility index (Phi) is 4.17. The van der Waals surface area contributed by atoms with Crippen LogP contribution in [-0.2, 0) is 10.8 Å². The Bertz CT molecular complexity index is 537. The fraction of sp³-hybridized carbons (Fsp3) is 0.765. The molecule has 0 N–H and O–H groups in total. The number of hydrogen-bond acceptors (Lipinski definition) is 2. The van der Waals surface area contributed by atoms with Gasteiger partial charge in [0.2, 0.25) is 0 Å². The van der Waals surface area contributed by atoms with Crippen molar-refractivity contribution in [1.29, 1.82) is 0 Å². The molecule has 1 aliphatic heterocycles. The van der Waals surface area contributed by atoms with Gasteiger partial charge in [-0.2, -0.15) is 5.10 Å². The lowest BCUT2D eigenvalue weighted by Crippen LogP contribution is -2.28. The highest BCUT2D eigenvalue weighted by atomic mass is 15.3. The summed E-state index contributed by atoms with van der Waals surface area (Å²) in [6.45, 7) is 23.0. The Hall–Kier alpha value is -1.34. The van der Waals surface area contributed by atoms with Crippen LogP contribution in [0.3, 0.4) is 0 Å². The first kappa shape index (κ1) is 16.0. The van der Waals surface area contributed by atoms with Crippen molar-refractivity contribution >= 4 is 0 Å². The fourth-order valence-corrected chi connectivity index (χ4v) is 3.18. The van der Waals surface area contributed by atoms with E-state index in [2.05, 4.69) is 62.2 Å². The summed E-state index contributed by atoms with van der Waals surface area (Å²) < 4.78 is 2.24. The molecule has 1 saturated heterocycles. The molecule has 21 heavy (non-hydrogen) atoms. The Labute approximate surface area is 129 Å². The molecule has 116 valence electrons. The lowest BCUT2D eigenvalue weighted by molar-refractivity contribution is 0.339. The maximum Gasteiger partial charge on any atom is 0.270 e. The van der Waals surface area contributed by atoms with E-state index in [1.807, 2.05) is 0 Å². The first-order valence-corrected chi connectivity index (χ1v) is 7.78. The van der Waals surface area contributed by atoms with Crippen LogP contribution in [0.2, 0.25) is 0 Å². The van der Waals surface area contributed by atoms with Crippen LogP contribution in [0.4, 0.5) is 0 Å². The normalized spacial score (nSPS) is 20.7. The summed E-state index contributed by atoms with van der Waals surface area (Å²) in [7, 11) is 0. The molecule has 0 radical (unpaired) electrons. The van der Waals surface area contributed by atoms with Crippen LogP contribution in [0.5, 0.6) is 0 Å². The number of rotatable bonds is 2. The summed E-state index contributed by atoms with van der Waals surface area (Å²) in [5, 5.41) is 4.74. The van der Waals surface area contributed by atoms with Crippen LogP contribution in [0.25, 0.3) is 4.85 Å². The molecule has 0 aliphatic carbocycles. The Morgan fingerprint density at radius 3 is 2.43 bits per heavy atom. The molecule has 0 saturated carbocycles. The number of likely N-dealkylation sites (tertiary alicyclic amines) is 1. The highest BCUT2D eigenvalue weighted by Gasteiger charge is 2.34. The van der Waals surface area contributed by atoms with E-state index in [0.29, 0.717) is 12.7 Å². The van der Waals surface area contributed by atoms with Gasteiger partial charge in [-0.25, -0.2) is 11.5 Å². The van der Waals surface area contributed by atoms with Crippen molar-refractivity contribution < 1.29 is 0 Å². The molecule has 1 unspecified atom stereocenters. The number of aromatic nitrogens is 2. The lowest BCUT2D eigenvalue weighted by Gasteiger charge is -2.29. The lowest BCUT2D eigenvalue weighted by atomic mass is 9.79. The summed E-state index contributed by atoms with van der Waals surface area (Å²) in [4.78, 5) is 5.73. The first-order chi connectivity index (χ1) is 9.64. The zero-order valence-corrected chi connectivity index (χ0v) is 14.3. The molecule has 4 nitrogen and oxygen atoms in total. The highest BCUT2D eigenvalue weighted by Crippen LogP contribution is 2.36. The SMILES string of the molecule is [C-]#[N+]CN1CCC(n2ncc(C(C)(C)C)c2C(C)(C)C)C1. The summed E-state index contributed by atoms with van der Waals surface area (Å²) in [6.07, 6.45) is 3.14. The molecular weight excluding hydrogens is 260 g/mol.